The Morgan fingerprint density at radius 1 is 0.632 bits per heavy atom. The quantitative estimate of drug-likeness (QED) is 0.0617. The number of aryl methyl sites for hydroxylation is 1. The first-order valence-corrected chi connectivity index (χ1v) is 21.3. The van der Waals surface area contributed by atoms with E-state index in [1.54, 1.807) is 6.92 Å². The summed E-state index contributed by atoms with van der Waals surface area (Å²) in [5, 5.41) is 11.8. The predicted octanol–water partition coefficient (Wildman–Crippen LogP) is 5.93. The number of nitrogens with zero attached hydrogens (tertiary/aromatic N) is 1. The van der Waals surface area contributed by atoms with Crippen LogP contribution in [0.2, 0.25) is 0 Å². The highest BCUT2D eigenvalue weighted by Crippen LogP contribution is 2.29. The van der Waals surface area contributed by atoms with Gasteiger partial charge < -0.3 is 30.9 Å². The van der Waals surface area contributed by atoms with Crippen molar-refractivity contribution >= 4 is 29.4 Å². The minimum absolute atomic E-state index is 0.0279. The number of ketones is 1. The lowest BCUT2D eigenvalue weighted by Crippen LogP contribution is -2.59. The predicted molar refractivity (Wildman–Crippen MR) is 226 cm³/mol. The Hall–Kier alpha value is -4.09. The van der Waals surface area contributed by atoms with Gasteiger partial charge in [-0.2, -0.15) is 0 Å². The zero-order valence-electron chi connectivity index (χ0n) is 35.7. The number of hydrogen-bond donors (Lipinski definition) is 4. The van der Waals surface area contributed by atoms with Crippen molar-refractivity contribution in [3.63, 3.8) is 0 Å². The zero-order valence-corrected chi connectivity index (χ0v) is 35.7. The average molecular weight is 790 g/mol. The van der Waals surface area contributed by atoms with Crippen LogP contribution >= 0.6 is 0 Å². The van der Waals surface area contributed by atoms with Crippen LogP contribution in [0.3, 0.4) is 0 Å². The van der Waals surface area contributed by atoms with Gasteiger partial charge in [-0.1, -0.05) is 120 Å². The molecule has 1 saturated heterocycles. The van der Waals surface area contributed by atoms with Crippen LogP contribution < -0.4 is 21.3 Å². The van der Waals surface area contributed by atoms with E-state index >= 15 is 0 Å². The van der Waals surface area contributed by atoms with Gasteiger partial charge in [-0.15, -0.1) is 0 Å². The molecule has 0 unspecified atom stereocenters. The molecule has 2 aromatic carbocycles. The molecular formula is C46H71N5O6. The van der Waals surface area contributed by atoms with Crippen molar-refractivity contribution in [2.45, 2.75) is 148 Å². The minimum Gasteiger partial charge on any atom is -0.361 e. The molecule has 5 atom stereocenters. The van der Waals surface area contributed by atoms with E-state index in [1.165, 1.54) is 19.3 Å². The first kappa shape index (κ1) is 47.3. The molecule has 11 heteroatoms. The van der Waals surface area contributed by atoms with E-state index in [1.807, 2.05) is 88.4 Å². The van der Waals surface area contributed by atoms with Gasteiger partial charge in [-0.25, -0.2) is 0 Å². The van der Waals surface area contributed by atoms with E-state index in [-0.39, 0.29) is 29.9 Å². The first-order chi connectivity index (χ1) is 27.2. The van der Waals surface area contributed by atoms with Crippen molar-refractivity contribution in [2.75, 3.05) is 27.2 Å². The van der Waals surface area contributed by atoms with Crippen LogP contribution in [-0.2, 0) is 41.6 Å². The summed E-state index contributed by atoms with van der Waals surface area (Å²) in [6.45, 7) is 11.0. The number of carbonyl (C=O) groups is 5. The lowest BCUT2D eigenvalue weighted by molar-refractivity contribution is -0.135. The van der Waals surface area contributed by atoms with Crippen LogP contribution in [0.15, 0.2) is 60.7 Å². The molecule has 0 aromatic heterocycles. The molecule has 1 aliphatic heterocycles. The zero-order chi connectivity index (χ0) is 41.8. The number of Topliss-reactive ketones (excluding diaryl/α,β-unsaturated/α-hetero) is 1. The molecule has 0 saturated carbocycles. The molecule has 1 fully saturated rings. The second-order valence-corrected chi connectivity index (χ2v) is 17.2. The van der Waals surface area contributed by atoms with Crippen molar-refractivity contribution in [1.29, 1.82) is 0 Å². The van der Waals surface area contributed by atoms with Gasteiger partial charge in [-0.05, 0) is 89.1 Å². The molecular weight excluding hydrogens is 719 g/mol. The number of epoxide rings is 1. The Kier molecular flexibility index (Phi) is 20.4. The van der Waals surface area contributed by atoms with E-state index < -0.39 is 47.5 Å². The maximum Gasteiger partial charge on any atom is 0.243 e. The second-order valence-electron chi connectivity index (χ2n) is 17.2. The molecule has 316 valence electrons. The van der Waals surface area contributed by atoms with Crippen LogP contribution in [-0.4, -0.2) is 91.3 Å². The Labute approximate surface area is 342 Å². The summed E-state index contributed by atoms with van der Waals surface area (Å²) in [7, 11) is 4.18. The van der Waals surface area contributed by atoms with E-state index in [2.05, 4.69) is 40.3 Å². The summed E-state index contributed by atoms with van der Waals surface area (Å²) in [5.41, 5.74) is 0.948. The van der Waals surface area contributed by atoms with Crippen LogP contribution in [0.25, 0.3) is 0 Å². The monoisotopic (exact) mass is 790 g/mol. The van der Waals surface area contributed by atoms with Crippen LogP contribution in [0.4, 0.5) is 0 Å². The van der Waals surface area contributed by atoms with Gasteiger partial charge in [0.2, 0.25) is 23.6 Å². The summed E-state index contributed by atoms with van der Waals surface area (Å²) in [6.07, 6.45) is 9.70. The highest BCUT2D eigenvalue weighted by atomic mass is 16.6. The topological polar surface area (TPSA) is 149 Å². The fraction of sp³-hybridized carbons (Fsp3) is 0.630. The van der Waals surface area contributed by atoms with E-state index in [4.69, 9.17) is 4.74 Å². The van der Waals surface area contributed by atoms with Crippen molar-refractivity contribution in [2.24, 2.45) is 11.8 Å². The molecule has 11 nitrogen and oxygen atoms in total. The van der Waals surface area contributed by atoms with Crippen molar-refractivity contribution in [3.8, 4) is 0 Å². The average Bonchev–Trinajstić information content (AvgIpc) is 3.92. The van der Waals surface area contributed by atoms with Crippen molar-refractivity contribution in [1.82, 2.24) is 26.2 Å². The molecule has 57 heavy (non-hydrogen) atoms. The molecule has 1 aliphatic rings. The van der Waals surface area contributed by atoms with E-state index in [9.17, 15) is 24.0 Å². The standard InChI is InChI=1S/C46H71N5O6/c1-33(2)29-38(42(53)46(5)32-57-46)48-45(56)40(31-36-23-17-14-18-24-36)50-44(55)39(30-34(3)4)49-43(54)37(27-26-35-21-15-13-16-22-35)47-41(52)25-19-11-9-8-10-12-20-28-51(6)7/h13-18,21-24,33-34,37-40H,8-12,19-20,25-32H2,1-7H3,(H,47,52)(H,48,56)(H,49,54)(H,50,55)/t37-,38-,39-,40-,46+/m0/s1. The highest BCUT2D eigenvalue weighted by Gasteiger charge is 2.50. The number of hydrogen-bond acceptors (Lipinski definition) is 7. The highest BCUT2D eigenvalue weighted by molar-refractivity contribution is 5.98. The molecule has 4 amide bonds. The summed E-state index contributed by atoms with van der Waals surface area (Å²) in [5.74, 6) is -1.65. The number of nitrogens with one attached hydrogen (secondary N) is 4. The fourth-order valence-electron chi connectivity index (χ4n) is 6.99. The van der Waals surface area contributed by atoms with Gasteiger partial charge in [0.1, 0.15) is 23.7 Å². The van der Waals surface area contributed by atoms with Crippen LogP contribution in [0.1, 0.15) is 116 Å². The van der Waals surface area contributed by atoms with Gasteiger partial charge >= 0.3 is 0 Å². The molecule has 2 aromatic rings. The normalized spacial score (nSPS) is 17.1. The fourth-order valence-corrected chi connectivity index (χ4v) is 6.99. The van der Waals surface area contributed by atoms with Gasteiger partial charge in [0.05, 0.1) is 12.6 Å². The van der Waals surface area contributed by atoms with Gasteiger partial charge in [0.15, 0.2) is 5.78 Å². The molecule has 4 N–H and O–H groups in total. The molecule has 1 heterocycles. The third-order valence-corrected chi connectivity index (χ3v) is 10.4. The Balaban J connectivity index is 1.71. The lowest BCUT2D eigenvalue weighted by atomic mass is 9.93. The van der Waals surface area contributed by atoms with Gasteiger partial charge in [0.25, 0.3) is 0 Å². The number of unbranched alkanes of at least 4 members (excludes halogenated alkanes) is 6. The third-order valence-electron chi connectivity index (χ3n) is 10.4. The molecule has 0 spiro atoms. The number of benzene rings is 2. The SMILES string of the molecule is CC(C)C[C@H](NC(=O)[C@H](CCc1ccccc1)NC(=O)CCCCCCCCCN(C)C)C(=O)N[C@@H](Cc1ccccc1)C(=O)N[C@@H](CC(C)C)C(=O)[C@@]1(C)CO1. The molecule has 3 rings (SSSR count). The van der Waals surface area contributed by atoms with Crippen LogP contribution in [0, 0.1) is 11.8 Å². The molecule has 0 bridgehead atoms. The number of carbonyl (C=O) groups excluding carboxylic acids is 5. The Morgan fingerprint density at radius 3 is 1.67 bits per heavy atom. The first-order valence-electron chi connectivity index (χ1n) is 21.3. The maximum atomic E-state index is 14.1. The number of rotatable bonds is 28. The smallest absolute Gasteiger partial charge is 0.243 e. The number of ether oxygens (including phenoxy) is 1. The van der Waals surface area contributed by atoms with Gasteiger partial charge in [-0.3, -0.25) is 24.0 Å². The Bertz CT molecular complexity index is 1530. The summed E-state index contributed by atoms with van der Waals surface area (Å²) in [6, 6.07) is 15.5. The maximum absolute atomic E-state index is 14.1. The number of amides is 4. The molecule has 0 radical (unpaired) electrons. The van der Waals surface area contributed by atoms with E-state index in [0.29, 0.717) is 38.7 Å². The summed E-state index contributed by atoms with van der Waals surface area (Å²) >= 11 is 0. The minimum atomic E-state index is -1.02. The second kappa shape index (κ2) is 24.6. The summed E-state index contributed by atoms with van der Waals surface area (Å²) in [4.78, 5) is 71.0. The van der Waals surface area contributed by atoms with Crippen molar-refractivity contribution in [3.05, 3.63) is 71.8 Å². The Morgan fingerprint density at radius 2 is 1.11 bits per heavy atom. The van der Waals surface area contributed by atoms with E-state index in [0.717, 1.165) is 43.4 Å². The lowest BCUT2D eigenvalue weighted by Gasteiger charge is -2.28. The summed E-state index contributed by atoms with van der Waals surface area (Å²) < 4.78 is 5.42. The van der Waals surface area contributed by atoms with Crippen molar-refractivity contribution < 1.29 is 28.7 Å². The van der Waals surface area contributed by atoms with Gasteiger partial charge in [0, 0.05) is 12.8 Å². The van der Waals surface area contributed by atoms with Crippen LogP contribution in [0.5, 0.6) is 0 Å². The third kappa shape index (κ3) is 18.4. The largest absolute Gasteiger partial charge is 0.361 e. The molecule has 0 aliphatic carbocycles.